The highest BCUT2D eigenvalue weighted by Gasteiger charge is 2.22. The molecule has 3 amide bonds. The number of hydrogen-bond acceptors (Lipinski definition) is 3. The lowest BCUT2D eigenvalue weighted by atomic mass is 10.2. The summed E-state index contributed by atoms with van der Waals surface area (Å²) in [6, 6.07) is 16.9. The Morgan fingerprint density at radius 2 is 1.70 bits per heavy atom. The van der Waals surface area contributed by atoms with E-state index < -0.39 is 0 Å². The number of amides is 3. The molecule has 27 heavy (non-hydrogen) atoms. The zero-order valence-corrected chi connectivity index (χ0v) is 15.6. The second-order valence-corrected chi connectivity index (χ2v) is 6.62. The van der Waals surface area contributed by atoms with Gasteiger partial charge in [-0.05, 0) is 43.2 Å². The van der Waals surface area contributed by atoms with Gasteiger partial charge in [0.2, 0.25) is 0 Å². The largest absolute Gasteiger partial charge is 0.484 e. The van der Waals surface area contributed by atoms with Crippen LogP contribution in [-0.4, -0.2) is 54.5 Å². The topological polar surface area (TPSA) is 61.9 Å². The van der Waals surface area contributed by atoms with Crippen molar-refractivity contribution >= 4 is 17.6 Å². The molecule has 2 aromatic carbocycles. The number of urea groups is 1. The molecule has 1 aliphatic rings. The molecule has 0 atom stereocenters. The van der Waals surface area contributed by atoms with Crippen molar-refractivity contribution in [2.75, 3.05) is 38.1 Å². The molecule has 0 aliphatic carbocycles. The van der Waals surface area contributed by atoms with E-state index in [9.17, 15) is 9.59 Å². The highest BCUT2D eigenvalue weighted by Crippen LogP contribution is 2.13. The van der Waals surface area contributed by atoms with Crippen LogP contribution in [0.15, 0.2) is 54.6 Å². The number of anilines is 1. The Hall–Kier alpha value is -3.02. The van der Waals surface area contributed by atoms with Gasteiger partial charge >= 0.3 is 6.03 Å². The van der Waals surface area contributed by atoms with Crippen LogP contribution in [0.1, 0.15) is 12.0 Å². The fourth-order valence-corrected chi connectivity index (χ4v) is 3.04. The van der Waals surface area contributed by atoms with Gasteiger partial charge in [-0.15, -0.1) is 0 Å². The summed E-state index contributed by atoms with van der Waals surface area (Å²) in [6.45, 7) is 4.28. The van der Waals surface area contributed by atoms with E-state index in [1.165, 1.54) is 0 Å². The smallest absolute Gasteiger partial charge is 0.321 e. The monoisotopic (exact) mass is 367 g/mol. The van der Waals surface area contributed by atoms with Crippen molar-refractivity contribution in [1.29, 1.82) is 0 Å². The predicted molar refractivity (Wildman–Crippen MR) is 105 cm³/mol. The summed E-state index contributed by atoms with van der Waals surface area (Å²) >= 11 is 0. The van der Waals surface area contributed by atoms with E-state index in [1.807, 2.05) is 61.5 Å². The van der Waals surface area contributed by atoms with Gasteiger partial charge in [-0.25, -0.2) is 4.79 Å². The maximum absolute atomic E-state index is 12.5. The van der Waals surface area contributed by atoms with Crippen molar-refractivity contribution < 1.29 is 14.3 Å². The third-order valence-corrected chi connectivity index (χ3v) is 4.51. The molecule has 0 aromatic heterocycles. The molecular weight excluding hydrogens is 342 g/mol. The van der Waals surface area contributed by atoms with Crippen LogP contribution in [-0.2, 0) is 4.79 Å². The average Bonchev–Trinajstić information content (AvgIpc) is 2.93. The fourth-order valence-electron chi connectivity index (χ4n) is 3.04. The Bertz CT molecular complexity index is 779. The van der Waals surface area contributed by atoms with Crippen molar-refractivity contribution in [3.63, 3.8) is 0 Å². The standard InChI is InChI=1S/C21H25N3O3/c1-17-7-5-10-19(15-17)27-16-20(25)23-11-6-12-24(14-13-23)21(26)22-18-8-3-2-4-9-18/h2-5,7-10,15H,6,11-14,16H2,1H3,(H,22,26). The Morgan fingerprint density at radius 3 is 2.48 bits per heavy atom. The number of nitrogens with one attached hydrogen (secondary N) is 1. The first-order valence-electron chi connectivity index (χ1n) is 9.20. The molecule has 3 rings (SSSR count). The number of rotatable bonds is 4. The van der Waals surface area contributed by atoms with Crippen LogP contribution in [0.2, 0.25) is 0 Å². The molecular formula is C21H25N3O3. The molecule has 1 N–H and O–H groups in total. The number of para-hydroxylation sites is 1. The second-order valence-electron chi connectivity index (χ2n) is 6.62. The van der Waals surface area contributed by atoms with E-state index in [4.69, 9.17) is 4.74 Å². The van der Waals surface area contributed by atoms with E-state index in [1.54, 1.807) is 9.80 Å². The van der Waals surface area contributed by atoms with Crippen molar-refractivity contribution in [2.24, 2.45) is 0 Å². The molecule has 0 saturated carbocycles. The molecule has 1 fully saturated rings. The lowest BCUT2D eigenvalue weighted by Crippen LogP contribution is -2.40. The van der Waals surface area contributed by atoms with E-state index in [-0.39, 0.29) is 18.5 Å². The first-order valence-corrected chi connectivity index (χ1v) is 9.20. The zero-order valence-electron chi connectivity index (χ0n) is 15.6. The SMILES string of the molecule is Cc1cccc(OCC(=O)N2CCCN(C(=O)Nc3ccccc3)CC2)c1. The van der Waals surface area contributed by atoms with Crippen molar-refractivity contribution in [1.82, 2.24) is 9.80 Å². The van der Waals surface area contributed by atoms with Crippen LogP contribution in [0.25, 0.3) is 0 Å². The highest BCUT2D eigenvalue weighted by molar-refractivity contribution is 5.89. The second kappa shape index (κ2) is 9.07. The van der Waals surface area contributed by atoms with E-state index in [0.717, 1.165) is 17.7 Å². The third kappa shape index (κ3) is 5.48. The number of aryl methyl sites for hydroxylation is 1. The first-order chi connectivity index (χ1) is 13.1. The van der Waals surface area contributed by atoms with Crippen molar-refractivity contribution in [3.05, 3.63) is 60.2 Å². The number of benzene rings is 2. The summed E-state index contributed by atoms with van der Waals surface area (Å²) in [5.74, 6) is 0.642. The van der Waals surface area contributed by atoms with Gasteiger partial charge in [0.05, 0.1) is 0 Å². The van der Waals surface area contributed by atoms with E-state index >= 15 is 0 Å². The van der Waals surface area contributed by atoms with Crippen LogP contribution < -0.4 is 10.1 Å². The Balaban J connectivity index is 1.48. The quantitative estimate of drug-likeness (QED) is 0.903. The number of ether oxygens (including phenoxy) is 1. The molecule has 1 saturated heterocycles. The number of carbonyl (C=O) groups excluding carboxylic acids is 2. The summed E-state index contributed by atoms with van der Waals surface area (Å²) in [4.78, 5) is 28.4. The maximum atomic E-state index is 12.5. The van der Waals surface area contributed by atoms with Gasteiger partial charge in [-0.1, -0.05) is 30.3 Å². The first kappa shape index (κ1) is 18.8. The van der Waals surface area contributed by atoms with Crippen molar-refractivity contribution in [2.45, 2.75) is 13.3 Å². The van der Waals surface area contributed by atoms with Crippen LogP contribution in [0.4, 0.5) is 10.5 Å². The summed E-state index contributed by atoms with van der Waals surface area (Å²) in [5.41, 5.74) is 1.86. The van der Waals surface area contributed by atoms with Gasteiger partial charge in [0.25, 0.3) is 5.91 Å². The molecule has 0 unspecified atom stereocenters. The molecule has 0 bridgehead atoms. The summed E-state index contributed by atoms with van der Waals surface area (Å²) in [6.07, 6.45) is 0.748. The Kier molecular flexibility index (Phi) is 6.30. The molecule has 6 heteroatoms. The third-order valence-electron chi connectivity index (χ3n) is 4.51. The highest BCUT2D eigenvalue weighted by atomic mass is 16.5. The number of carbonyl (C=O) groups is 2. The van der Waals surface area contributed by atoms with Crippen LogP contribution in [0.5, 0.6) is 5.75 Å². The summed E-state index contributed by atoms with van der Waals surface area (Å²) in [5, 5.41) is 2.89. The lowest BCUT2D eigenvalue weighted by molar-refractivity contribution is -0.133. The van der Waals surface area contributed by atoms with Gasteiger partial charge in [-0.3, -0.25) is 4.79 Å². The van der Waals surface area contributed by atoms with Gasteiger partial charge in [0.15, 0.2) is 6.61 Å². The van der Waals surface area contributed by atoms with E-state index in [2.05, 4.69) is 5.32 Å². The number of hydrogen-bond donors (Lipinski definition) is 1. The molecule has 1 aliphatic heterocycles. The van der Waals surface area contributed by atoms with Crippen LogP contribution in [0, 0.1) is 6.92 Å². The summed E-state index contributed by atoms with van der Waals surface area (Å²) in [7, 11) is 0. The molecule has 6 nitrogen and oxygen atoms in total. The van der Waals surface area contributed by atoms with Gasteiger partial charge < -0.3 is 19.9 Å². The normalized spacial score (nSPS) is 14.4. The average molecular weight is 367 g/mol. The Morgan fingerprint density at radius 1 is 0.963 bits per heavy atom. The maximum Gasteiger partial charge on any atom is 0.321 e. The minimum absolute atomic E-state index is 0.0136. The van der Waals surface area contributed by atoms with E-state index in [0.29, 0.717) is 31.9 Å². The van der Waals surface area contributed by atoms with Crippen molar-refractivity contribution in [3.8, 4) is 5.75 Å². The molecule has 0 spiro atoms. The number of nitrogens with zero attached hydrogens (tertiary/aromatic N) is 2. The Labute approximate surface area is 159 Å². The minimum Gasteiger partial charge on any atom is -0.484 e. The molecule has 0 radical (unpaired) electrons. The minimum atomic E-state index is -0.133. The molecule has 1 heterocycles. The van der Waals surface area contributed by atoms with Crippen LogP contribution >= 0.6 is 0 Å². The van der Waals surface area contributed by atoms with Gasteiger partial charge in [-0.2, -0.15) is 0 Å². The molecule has 2 aromatic rings. The van der Waals surface area contributed by atoms with Gasteiger partial charge in [0, 0.05) is 31.9 Å². The molecule has 142 valence electrons. The fraction of sp³-hybridized carbons (Fsp3) is 0.333. The summed E-state index contributed by atoms with van der Waals surface area (Å²) < 4.78 is 5.61. The van der Waals surface area contributed by atoms with Crippen LogP contribution in [0.3, 0.4) is 0 Å². The van der Waals surface area contributed by atoms with Gasteiger partial charge in [0.1, 0.15) is 5.75 Å². The predicted octanol–water partition coefficient (Wildman–Crippen LogP) is 3.14. The lowest BCUT2D eigenvalue weighted by Gasteiger charge is -2.22. The zero-order chi connectivity index (χ0) is 19.1.